The van der Waals surface area contributed by atoms with Gasteiger partial charge in [-0.2, -0.15) is 0 Å². The molecule has 2 rings (SSSR count). The van der Waals surface area contributed by atoms with Crippen LogP contribution in [0.5, 0.6) is 5.88 Å². The Morgan fingerprint density at radius 1 is 1.12 bits per heavy atom. The van der Waals surface area contributed by atoms with E-state index in [2.05, 4.69) is 55.3 Å². The van der Waals surface area contributed by atoms with Crippen LogP contribution in [0.4, 0.5) is 0 Å². The molecule has 0 atom stereocenters. The summed E-state index contributed by atoms with van der Waals surface area (Å²) < 4.78 is 5.51. The fraction of sp³-hybridized carbons (Fsp3) is 0.400. The van der Waals surface area contributed by atoms with E-state index in [1.54, 1.807) is 6.92 Å². The van der Waals surface area contributed by atoms with Crippen molar-refractivity contribution in [2.24, 2.45) is 0 Å². The van der Waals surface area contributed by atoms with Crippen molar-refractivity contribution in [1.29, 1.82) is 0 Å². The lowest BCUT2D eigenvalue weighted by Crippen LogP contribution is -2.35. The molecular weight excluding hydrogens is 300 g/mol. The minimum absolute atomic E-state index is 0.00356. The molecule has 0 bridgehead atoms. The first kappa shape index (κ1) is 18.0. The van der Waals surface area contributed by atoms with E-state index in [1.165, 1.54) is 5.56 Å². The molecule has 0 aliphatic heterocycles. The third kappa shape index (κ3) is 4.82. The third-order valence-electron chi connectivity index (χ3n) is 3.97. The summed E-state index contributed by atoms with van der Waals surface area (Å²) in [5.41, 5.74) is 3.25. The van der Waals surface area contributed by atoms with Crippen LogP contribution in [-0.4, -0.2) is 24.0 Å². The fourth-order valence-corrected chi connectivity index (χ4v) is 2.40. The quantitative estimate of drug-likeness (QED) is 0.838. The van der Waals surface area contributed by atoms with E-state index in [4.69, 9.17) is 4.74 Å². The molecule has 1 amide bonds. The SMILES string of the molecule is CCCOc1ccc(-c2ccc(C(C)(C)CNC(C)=O)cc2)cn1. The molecule has 0 fully saturated rings. The van der Waals surface area contributed by atoms with Crippen molar-refractivity contribution in [3.63, 3.8) is 0 Å². The van der Waals surface area contributed by atoms with Gasteiger partial charge in [0.25, 0.3) is 0 Å². The molecule has 0 saturated heterocycles. The third-order valence-corrected chi connectivity index (χ3v) is 3.97. The van der Waals surface area contributed by atoms with Gasteiger partial charge in [-0.1, -0.05) is 45.0 Å². The molecule has 4 nitrogen and oxygen atoms in total. The van der Waals surface area contributed by atoms with E-state index in [0.29, 0.717) is 19.0 Å². The molecule has 0 unspecified atom stereocenters. The lowest BCUT2D eigenvalue weighted by Gasteiger charge is -2.25. The van der Waals surface area contributed by atoms with Crippen LogP contribution in [0, 0.1) is 0 Å². The maximum absolute atomic E-state index is 11.1. The maximum Gasteiger partial charge on any atom is 0.216 e. The summed E-state index contributed by atoms with van der Waals surface area (Å²) in [6.07, 6.45) is 2.81. The average molecular weight is 326 g/mol. The van der Waals surface area contributed by atoms with Gasteiger partial charge >= 0.3 is 0 Å². The number of aromatic nitrogens is 1. The van der Waals surface area contributed by atoms with Crippen LogP contribution in [0.3, 0.4) is 0 Å². The molecule has 1 N–H and O–H groups in total. The smallest absolute Gasteiger partial charge is 0.216 e. The molecule has 1 aromatic heterocycles. The molecule has 2 aromatic rings. The fourth-order valence-electron chi connectivity index (χ4n) is 2.40. The second kappa shape index (κ2) is 7.95. The van der Waals surface area contributed by atoms with E-state index in [9.17, 15) is 4.79 Å². The standard InChI is InChI=1S/C20H26N2O2/c1-5-12-24-19-11-8-17(13-21-19)16-6-9-18(10-7-16)20(3,4)14-22-15(2)23/h6-11,13H,5,12,14H2,1-4H3,(H,22,23). The zero-order valence-corrected chi connectivity index (χ0v) is 14.9. The highest BCUT2D eigenvalue weighted by Gasteiger charge is 2.20. The minimum Gasteiger partial charge on any atom is -0.478 e. The van der Waals surface area contributed by atoms with Crippen LogP contribution in [0.15, 0.2) is 42.6 Å². The summed E-state index contributed by atoms with van der Waals surface area (Å²) in [5, 5.41) is 2.89. The zero-order chi connectivity index (χ0) is 17.6. The van der Waals surface area contributed by atoms with Gasteiger partial charge < -0.3 is 10.1 Å². The number of hydrogen-bond donors (Lipinski definition) is 1. The van der Waals surface area contributed by atoms with Crippen LogP contribution in [0.1, 0.15) is 39.7 Å². The number of rotatable bonds is 7. The van der Waals surface area contributed by atoms with Crippen molar-refractivity contribution in [2.45, 2.75) is 39.5 Å². The molecule has 0 radical (unpaired) electrons. The summed E-state index contributed by atoms with van der Waals surface area (Å²) in [4.78, 5) is 15.5. The van der Waals surface area contributed by atoms with Crippen molar-refractivity contribution in [2.75, 3.05) is 13.2 Å². The molecular formula is C20H26N2O2. The first-order valence-electron chi connectivity index (χ1n) is 8.36. The highest BCUT2D eigenvalue weighted by Crippen LogP contribution is 2.26. The molecule has 24 heavy (non-hydrogen) atoms. The number of pyridine rings is 1. The normalized spacial score (nSPS) is 11.2. The number of carbonyl (C=O) groups excluding carboxylic acids is 1. The lowest BCUT2D eigenvalue weighted by atomic mass is 9.84. The first-order valence-corrected chi connectivity index (χ1v) is 8.36. The lowest BCUT2D eigenvalue weighted by molar-refractivity contribution is -0.119. The van der Waals surface area contributed by atoms with Gasteiger partial charge in [0.05, 0.1) is 6.61 Å². The van der Waals surface area contributed by atoms with Crippen LogP contribution >= 0.6 is 0 Å². The number of benzene rings is 1. The molecule has 1 heterocycles. The molecule has 128 valence electrons. The Balaban J connectivity index is 2.09. The molecule has 4 heteroatoms. The number of amides is 1. The second-order valence-corrected chi connectivity index (χ2v) is 6.60. The molecule has 0 aliphatic carbocycles. The Kier molecular flexibility index (Phi) is 5.96. The minimum atomic E-state index is -0.111. The van der Waals surface area contributed by atoms with Crippen molar-refractivity contribution in [3.05, 3.63) is 48.2 Å². The van der Waals surface area contributed by atoms with Gasteiger partial charge in [-0.25, -0.2) is 4.98 Å². The molecule has 0 aliphatic rings. The van der Waals surface area contributed by atoms with Crippen LogP contribution in [0.25, 0.3) is 11.1 Å². The molecule has 0 spiro atoms. The average Bonchev–Trinajstić information content (AvgIpc) is 2.59. The summed E-state index contributed by atoms with van der Waals surface area (Å²) in [5.74, 6) is 0.657. The highest BCUT2D eigenvalue weighted by atomic mass is 16.5. The Labute approximate surface area is 144 Å². The van der Waals surface area contributed by atoms with Gasteiger partial charge in [0, 0.05) is 36.7 Å². The summed E-state index contributed by atoms with van der Waals surface area (Å²) in [6, 6.07) is 12.3. The highest BCUT2D eigenvalue weighted by molar-refractivity contribution is 5.73. The summed E-state index contributed by atoms with van der Waals surface area (Å²) in [6.45, 7) is 9.17. The van der Waals surface area contributed by atoms with Crippen molar-refractivity contribution < 1.29 is 9.53 Å². The van der Waals surface area contributed by atoms with E-state index >= 15 is 0 Å². The Morgan fingerprint density at radius 3 is 2.33 bits per heavy atom. The van der Waals surface area contributed by atoms with E-state index in [1.807, 2.05) is 18.3 Å². The van der Waals surface area contributed by atoms with Crippen LogP contribution < -0.4 is 10.1 Å². The van der Waals surface area contributed by atoms with Crippen molar-refractivity contribution in [1.82, 2.24) is 10.3 Å². The summed E-state index contributed by atoms with van der Waals surface area (Å²) in [7, 11) is 0. The largest absolute Gasteiger partial charge is 0.478 e. The van der Waals surface area contributed by atoms with Gasteiger partial charge in [0.1, 0.15) is 0 Å². The van der Waals surface area contributed by atoms with E-state index in [0.717, 1.165) is 17.5 Å². The number of carbonyl (C=O) groups is 1. The monoisotopic (exact) mass is 326 g/mol. The molecule has 0 saturated carbocycles. The number of ether oxygens (including phenoxy) is 1. The number of hydrogen-bond acceptors (Lipinski definition) is 3. The van der Waals surface area contributed by atoms with Gasteiger partial charge in [-0.3, -0.25) is 4.79 Å². The van der Waals surface area contributed by atoms with Gasteiger partial charge in [-0.05, 0) is 23.6 Å². The van der Waals surface area contributed by atoms with Gasteiger partial charge in [0.15, 0.2) is 0 Å². The van der Waals surface area contributed by atoms with E-state index < -0.39 is 0 Å². The summed E-state index contributed by atoms with van der Waals surface area (Å²) >= 11 is 0. The number of nitrogens with zero attached hydrogens (tertiary/aromatic N) is 1. The Bertz CT molecular complexity index is 661. The van der Waals surface area contributed by atoms with Gasteiger partial charge in [0.2, 0.25) is 11.8 Å². The van der Waals surface area contributed by atoms with Crippen molar-refractivity contribution >= 4 is 5.91 Å². The van der Waals surface area contributed by atoms with Crippen LogP contribution in [-0.2, 0) is 10.2 Å². The zero-order valence-electron chi connectivity index (χ0n) is 14.9. The Morgan fingerprint density at radius 2 is 1.79 bits per heavy atom. The second-order valence-electron chi connectivity index (χ2n) is 6.60. The maximum atomic E-state index is 11.1. The Hall–Kier alpha value is -2.36. The predicted octanol–water partition coefficient (Wildman–Crippen LogP) is 3.95. The van der Waals surface area contributed by atoms with Gasteiger partial charge in [-0.15, -0.1) is 0 Å². The number of nitrogens with one attached hydrogen (secondary N) is 1. The first-order chi connectivity index (χ1) is 11.4. The van der Waals surface area contributed by atoms with Crippen LogP contribution in [0.2, 0.25) is 0 Å². The predicted molar refractivity (Wildman–Crippen MR) is 97.2 cm³/mol. The topological polar surface area (TPSA) is 51.2 Å². The molecule has 1 aromatic carbocycles. The van der Waals surface area contributed by atoms with Crippen molar-refractivity contribution in [3.8, 4) is 17.0 Å². The van der Waals surface area contributed by atoms with E-state index in [-0.39, 0.29) is 11.3 Å².